The molecular formula is C15H34N2O12. The van der Waals surface area contributed by atoms with Crippen LogP contribution in [0.1, 0.15) is 40.0 Å². The van der Waals surface area contributed by atoms with Crippen LogP contribution in [0, 0.1) is 20.2 Å². The number of rotatable bonds is 11. The highest BCUT2D eigenvalue weighted by Crippen LogP contribution is 2.10. The van der Waals surface area contributed by atoms with Gasteiger partial charge in [-0.1, -0.05) is 20.8 Å². The summed E-state index contributed by atoms with van der Waals surface area (Å²) in [4.78, 5) is 27.0. The lowest BCUT2D eigenvalue weighted by Gasteiger charge is -2.06. The second kappa shape index (κ2) is 22.4. The van der Waals surface area contributed by atoms with Gasteiger partial charge in [0.15, 0.2) is 0 Å². The Balaban J connectivity index is -0.000000319. The van der Waals surface area contributed by atoms with Crippen LogP contribution >= 0.6 is 0 Å². The van der Waals surface area contributed by atoms with Crippen molar-refractivity contribution in [1.29, 1.82) is 0 Å². The first-order valence-electron chi connectivity index (χ1n) is 9.00. The van der Waals surface area contributed by atoms with Crippen LogP contribution in [0.2, 0.25) is 0 Å². The molecule has 1 aliphatic heterocycles. The molecule has 0 spiro atoms. The van der Waals surface area contributed by atoms with Crippen LogP contribution in [0.5, 0.6) is 0 Å². The Morgan fingerprint density at radius 2 is 1.48 bits per heavy atom. The minimum absolute atomic E-state index is 0.233. The Labute approximate surface area is 168 Å². The molecule has 1 heterocycles. The van der Waals surface area contributed by atoms with Gasteiger partial charge in [0.1, 0.15) is 18.8 Å². The van der Waals surface area contributed by atoms with Gasteiger partial charge >= 0.3 is 0 Å². The first-order chi connectivity index (χ1) is 13.6. The molecule has 0 aromatic carbocycles. The standard InChI is InChI=1S/2C4H9NO4.C4H8O.C3H8O3/c1-2-4(6)3-9-5(7)8;1-2-4(3-6)9-5(7)8;1-2-4-3-5-4;4-1-3(6)2-5/h2*4,6H,2-3H2,1H3;4H,2-3H2,1H3;3-6H,1-2H2. The molecule has 0 saturated carbocycles. The maximum atomic E-state index is 9.60. The third-order valence-electron chi connectivity index (χ3n) is 3.02. The summed E-state index contributed by atoms with van der Waals surface area (Å²) in [5, 5.41) is 58.3. The zero-order valence-corrected chi connectivity index (χ0v) is 17.0. The summed E-state index contributed by atoms with van der Waals surface area (Å²) < 4.78 is 4.86. The molecule has 0 aromatic heterocycles. The van der Waals surface area contributed by atoms with E-state index in [-0.39, 0.29) is 26.4 Å². The summed E-state index contributed by atoms with van der Waals surface area (Å²) in [5.41, 5.74) is 0. The molecule has 0 bridgehead atoms. The third kappa shape index (κ3) is 31.1. The lowest BCUT2D eigenvalue weighted by Crippen LogP contribution is -2.19. The van der Waals surface area contributed by atoms with E-state index >= 15 is 0 Å². The molecule has 1 fully saturated rings. The molecule has 176 valence electrons. The van der Waals surface area contributed by atoms with Crippen LogP contribution in [0.3, 0.4) is 0 Å². The van der Waals surface area contributed by atoms with Crippen LogP contribution in [-0.4, -0.2) is 93.2 Å². The minimum atomic E-state index is -0.954. The smallest absolute Gasteiger partial charge is 0.294 e. The van der Waals surface area contributed by atoms with Crippen LogP contribution in [0.25, 0.3) is 0 Å². The van der Waals surface area contributed by atoms with Crippen LogP contribution in [0.4, 0.5) is 0 Å². The van der Waals surface area contributed by atoms with E-state index in [1.165, 1.54) is 6.42 Å². The normalized spacial score (nSPS) is 15.8. The number of aliphatic hydroxyl groups excluding tert-OH is 5. The van der Waals surface area contributed by atoms with E-state index in [2.05, 4.69) is 16.6 Å². The first-order valence-corrected chi connectivity index (χ1v) is 9.00. The zero-order valence-electron chi connectivity index (χ0n) is 17.0. The van der Waals surface area contributed by atoms with Crippen molar-refractivity contribution in [2.24, 2.45) is 0 Å². The lowest BCUT2D eigenvalue weighted by molar-refractivity contribution is -0.769. The fourth-order valence-corrected chi connectivity index (χ4v) is 0.985. The highest BCUT2D eigenvalue weighted by Gasteiger charge is 2.18. The summed E-state index contributed by atoms with van der Waals surface area (Å²) in [6, 6.07) is 0. The van der Waals surface area contributed by atoms with Gasteiger partial charge in [-0.05, 0) is 19.3 Å². The maximum Gasteiger partial charge on any atom is 0.294 e. The molecule has 1 rings (SSSR count). The van der Waals surface area contributed by atoms with Gasteiger partial charge in [-0.25, -0.2) is 0 Å². The molecule has 14 nitrogen and oxygen atoms in total. The van der Waals surface area contributed by atoms with Crippen molar-refractivity contribution in [3.05, 3.63) is 20.2 Å². The number of aliphatic hydroxyl groups is 5. The molecule has 0 amide bonds. The van der Waals surface area contributed by atoms with Gasteiger partial charge in [0.05, 0.1) is 38.6 Å². The molecule has 0 aromatic rings. The van der Waals surface area contributed by atoms with Gasteiger partial charge in [-0.3, -0.25) is 0 Å². The molecular weight excluding hydrogens is 400 g/mol. The fraction of sp³-hybridized carbons (Fsp3) is 1.00. The summed E-state index contributed by atoms with van der Waals surface area (Å²) in [6.07, 6.45) is 0.390. The second-order valence-corrected chi connectivity index (χ2v) is 5.51. The first kappa shape index (κ1) is 31.8. The van der Waals surface area contributed by atoms with E-state index in [9.17, 15) is 20.2 Å². The fourth-order valence-electron chi connectivity index (χ4n) is 0.985. The highest BCUT2D eigenvalue weighted by molar-refractivity contribution is 4.64. The van der Waals surface area contributed by atoms with Gasteiger partial charge in [0, 0.05) is 0 Å². The second-order valence-electron chi connectivity index (χ2n) is 5.51. The van der Waals surface area contributed by atoms with Crippen molar-refractivity contribution in [2.75, 3.05) is 33.0 Å². The topological polar surface area (TPSA) is 218 Å². The molecule has 3 atom stereocenters. The van der Waals surface area contributed by atoms with Crippen molar-refractivity contribution in [3.63, 3.8) is 0 Å². The monoisotopic (exact) mass is 434 g/mol. The molecule has 29 heavy (non-hydrogen) atoms. The third-order valence-corrected chi connectivity index (χ3v) is 3.02. The Morgan fingerprint density at radius 1 is 0.966 bits per heavy atom. The van der Waals surface area contributed by atoms with E-state index < -0.39 is 28.5 Å². The van der Waals surface area contributed by atoms with Gasteiger partial charge in [0.25, 0.3) is 10.2 Å². The highest BCUT2D eigenvalue weighted by atomic mass is 17.0. The van der Waals surface area contributed by atoms with Crippen molar-refractivity contribution in [1.82, 2.24) is 0 Å². The summed E-state index contributed by atoms with van der Waals surface area (Å²) in [6.45, 7) is 5.29. The van der Waals surface area contributed by atoms with Crippen molar-refractivity contribution in [2.45, 2.75) is 64.4 Å². The van der Waals surface area contributed by atoms with E-state index in [1.807, 2.05) is 0 Å². The van der Waals surface area contributed by atoms with E-state index in [0.29, 0.717) is 18.9 Å². The van der Waals surface area contributed by atoms with E-state index in [1.54, 1.807) is 13.8 Å². The number of nitrogens with zero attached hydrogens (tertiary/aromatic N) is 2. The molecule has 0 radical (unpaired) electrons. The summed E-state index contributed by atoms with van der Waals surface area (Å²) in [7, 11) is 0. The van der Waals surface area contributed by atoms with Crippen molar-refractivity contribution in [3.8, 4) is 0 Å². The van der Waals surface area contributed by atoms with Crippen LogP contribution in [0.15, 0.2) is 0 Å². The number of epoxide rings is 1. The summed E-state index contributed by atoms with van der Waals surface area (Å²) >= 11 is 0. The SMILES string of the molecule is CCC(CO)O[N+](=O)[O-].CCC(O)CO[N+](=O)[O-].CCC1CO1.OCC(O)CO. The molecule has 14 heteroatoms. The lowest BCUT2D eigenvalue weighted by atomic mass is 10.3. The Kier molecular flexibility index (Phi) is 24.6. The predicted octanol–water partition coefficient (Wildman–Crippen LogP) is -0.942. The van der Waals surface area contributed by atoms with Crippen LogP contribution < -0.4 is 0 Å². The summed E-state index contributed by atoms with van der Waals surface area (Å²) in [5.74, 6) is 0. The van der Waals surface area contributed by atoms with Crippen LogP contribution in [-0.2, 0) is 14.4 Å². The average Bonchev–Trinajstić information content (AvgIpc) is 3.55. The Hall–Kier alpha value is -1.84. The van der Waals surface area contributed by atoms with Gasteiger partial charge in [0.2, 0.25) is 0 Å². The number of hydrogen-bond donors (Lipinski definition) is 5. The van der Waals surface area contributed by atoms with Crippen molar-refractivity contribution < 1.29 is 50.1 Å². The Morgan fingerprint density at radius 3 is 1.62 bits per heavy atom. The average molecular weight is 434 g/mol. The van der Waals surface area contributed by atoms with Crippen molar-refractivity contribution >= 4 is 0 Å². The predicted molar refractivity (Wildman–Crippen MR) is 98.7 cm³/mol. The molecule has 3 unspecified atom stereocenters. The molecule has 5 N–H and O–H groups in total. The Bertz CT molecular complexity index is 376. The van der Waals surface area contributed by atoms with Gasteiger partial charge in [-0.2, -0.15) is 0 Å². The largest absolute Gasteiger partial charge is 0.394 e. The van der Waals surface area contributed by atoms with E-state index in [4.69, 9.17) is 30.3 Å². The number of hydrogen-bond acceptors (Lipinski definition) is 12. The molecule has 0 aliphatic carbocycles. The van der Waals surface area contributed by atoms with Gasteiger partial charge in [-0.15, -0.1) is 20.2 Å². The maximum absolute atomic E-state index is 9.60. The molecule has 1 saturated heterocycles. The quantitative estimate of drug-likeness (QED) is 0.151. The van der Waals surface area contributed by atoms with Gasteiger partial charge < -0.3 is 39.9 Å². The zero-order chi connectivity index (χ0) is 23.2. The number of ether oxygens (including phenoxy) is 1. The van der Waals surface area contributed by atoms with E-state index in [0.717, 1.165) is 6.61 Å². The molecule has 1 aliphatic rings. The minimum Gasteiger partial charge on any atom is -0.394 e.